The SMILES string of the molecule is CC(C)(C)OC(=O)N1C[C@@H](O)[C@H](O)[C@H](O)[C@@H]1COCc1ccccc1. The highest BCUT2D eigenvalue weighted by Crippen LogP contribution is 2.22. The first kappa shape index (κ1) is 19.7. The summed E-state index contributed by atoms with van der Waals surface area (Å²) in [5, 5.41) is 30.1. The number of piperidine rings is 1. The van der Waals surface area contributed by atoms with E-state index < -0.39 is 36.0 Å². The van der Waals surface area contributed by atoms with Crippen LogP contribution in [0.3, 0.4) is 0 Å². The molecule has 1 saturated heterocycles. The molecular weight excluding hydrogens is 326 g/mol. The van der Waals surface area contributed by atoms with Crippen LogP contribution in [0.2, 0.25) is 0 Å². The third kappa shape index (κ3) is 5.40. The fraction of sp³-hybridized carbons (Fsp3) is 0.611. The van der Waals surface area contributed by atoms with E-state index in [1.54, 1.807) is 20.8 Å². The summed E-state index contributed by atoms with van der Waals surface area (Å²) in [6, 6.07) is 8.68. The lowest BCUT2D eigenvalue weighted by Gasteiger charge is -2.43. The van der Waals surface area contributed by atoms with Crippen LogP contribution >= 0.6 is 0 Å². The smallest absolute Gasteiger partial charge is 0.410 e. The molecule has 1 aliphatic heterocycles. The summed E-state index contributed by atoms with van der Waals surface area (Å²) in [6.07, 6.45) is -4.57. The molecule has 4 atom stereocenters. The summed E-state index contributed by atoms with van der Waals surface area (Å²) >= 11 is 0. The molecular formula is C18H27NO6. The molecule has 0 radical (unpaired) electrons. The maximum Gasteiger partial charge on any atom is 0.410 e. The summed E-state index contributed by atoms with van der Waals surface area (Å²) < 4.78 is 11.0. The average molecular weight is 353 g/mol. The van der Waals surface area contributed by atoms with Crippen molar-refractivity contribution in [3.8, 4) is 0 Å². The monoisotopic (exact) mass is 353 g/mol. The second kappa shape index (κ2) is 8.14. The van der Waals surface area contributed by atoms with Gasteiger partial charge in [-0.05, 0) is 26.3 Å². The highest BCUT2D eigenvalue weighted by atomic mass is 16.6. The molecule has 0 aliphatic carbocycles. The first-order valence-corrected chi connectivity index (χ1v) is 8.34. The number of benzene rings is 1. The zero-order chi connectivity index (χ0) is 18.6. The van der Waals surface area contributed by atoms with Crippen molar-refractivity contribution < 1.29 is 29.6 Å². The van der Waals surface area contributed by atoms with Crippen molar-refractivity contribution in [2.24, 2.45) is 0 Å². The van der Waals surface area contributed by atoms with E-state index in [0.717, 1.165) is 5.56 Å². The average Bonchev–Trinajstić information content (AvgIpc) is 2.54. The maximum absolute atomic E-state index is 12.4. The number of aliphatic hydroxyl groups excluding tert-OH is 3. The van der Waals surface area contributed by atoms with Crippen LogP contribution in [0.4, 0.5) is 4.79 Å². The molecule has 0 bridgehead atoms. The third-order valence-electron chi connectivity index (χ3n) is 3.95. The molecule has 0 unspecified atom stereocenters. The van der Waals surface area contributed by atoms with Crippen LogP contribution in [0.1, 0.15) is 26.3 Å². The largest absolute Gasteiger partial charge is 0.444 e. The summed E-state index contributed by atoms with van der Waals surface area (Å²) in [5.74, 6) is 0. The number of β-amino-alcohol motifs (C(OH)–C–C–N with tert-alkyl or cyclic N) is 1. The summed E-state index contributed by atoms with van der Waals surface area (Å²) in [7, 11) is 0. The van der Waals surface area contributed by atoms with Gasteiger partial charge >= 0.3 is 6.09 Å². The second-order valence-electron chi connectivity index (χ2n) is 7.25. The summed E-state index contributed by atoms with van der Waals surface area (Å²) in [4.78, 5) is 13.6. The van der Waals surface area contributed by atoms with Gasteiger partial charge in [0, 0.05) is 0 Å². The molecule has 7 heteroatoms. The molecule has 0 spiro atoms. The fourth-order valence-electron chi connectivity index (χ4n) is 2.68. The topological polar surface area (TPSA) is 99.5 Å². The van der Waals surface area contributed by atoms with Crippen molar-refractivity contribution in [3.05, 3.63) is 35.9 Å². The van der Waals surface area contributed by atoms with Gasteiger partial charge in [-0.2, -0.15) is 0 Å². The van der Waals surface area contributed by atoms with Crippen molar-refractivity contribution in [2.45, 2.75) is 57.3 Å². The molecule has 1 aliphatic rings. The minimum absolute atomic E-state index is 0.0130. The van der Waals surface area contributed by atoms with Crippen LogP contribution in [-0.2, 0) is 16.1 Å². The van der Waals surface area contributed by atoms with Gasteiger partial charge in [0.25, 0.3) is 0 Å². The Labute approximate surface area is 147 Å². The van der Waals surface area contributed by atoms with Gasteiger partial charge in [-0.1, -0.05) is 30.3 Å². The van der Waals surface area contributed by atoms with Gasteiger partial charge in [0.05, 0.1) is 25.8 Å². The third-order valence-corrected chi connectivity index (χ3v) is 3.95. The van der Waals surface area contributed by atoms with Crippen molar-refractivity contribution >= 4 is 6.09 Å². The molecule has 1 amide bonds. The maximum atomic E-state index is 12.4. The molecule has 140 valence electrons. The van der Waals surface area contributed by atoms with Gasteiger partial charge in [-0.3, -0.25) is 4.90 Å². The van der Waals surface area contributed by atoms with Crippen LogP contribution in [-0.4, -0.2) is 69.4 Å². The van der Waals surface area contributed by atoms with Crippen molar-refractivity contribution in [2.75, 3.05) is 13.2 Å². The van der Waals surface area contributed by atoms with E-state index in [0.29, 0.717) is 6.61 Å². The zero-order valence-electron chi connectivity index (χ0n) is 14.8. The Morgan fingerprint density at radius 3 is 2.40 bits per heavy atom. The Hall–Kier alpha value is -1.67. The molecule has 1 fully saturated rings. The van der Waals surface area contributed by atoms with E-state index >= 15 is 0 Å². The van der Waals surface area contributed by atoms with Gasteiger partial charge in [-0.15, -0.1) is 0 Å². The number of aliphatic hydroxyl groups is 3. The molecule has 25 heavy (non-hydrogen) atoms. The molecule has 1 aromatic rings. The van der Waals surface area contributed by atoms with Crippen LogP contribution < -0.4 is 0 Å². The van der Waals surface area contributed by atoms with E-state index in [1.165, 1.54) is 4.90 Å². The van der Waals surface area contributed by atoms with Gasteiger partial charge in [-0.25, -0.2) is 4.79 Å². The number of hydrogen-bond donors (Lipinski definition) is 3. The minimum atomic E-state index is -1.34. The quantitative estimate of drug-likeness (QED) is 0.744. The Morgan fingerprint density at radius 1 is 1.16 bits per heavy atom. The van der Waals surface area contributed by atoms with E-state index in [-0.39, 0.29) is 13.2 Å². The van der Waals surface area contributed by atoms with Gasteiger partial charge < -0.3 is 24.8 Å². The summed E-state index contributed by atoms with van der Waals surface area (Å²) in [5.41, 5.74) is 0.246. The molecule has 2 rings (SSSR count). The predicted octanol–water partition coefficient (Wildman–Crippen LogP) is 0.905. The van der Waals surface area contributed by atoms with E-state index in [4.69, 9.17) is 9.47 Å². The van der Waals surface area contributed by atoms with E-state index in [1.807, 2.05) is 30.3 Å². The molecule has 1 aromatic carbocycles. The first-order valence-electron chi connectivity index (χ1n) is 8.34. The number of likely N-dealkylation sites (tertiary alicyclic amines) is 1. The fourth-order valence-corrected chi connectivity index (χ4v) is 2.68. The van der Waals surface area contributed by atoms with Crippen LogP contribution in [0.25, 0.3) is 0 Å². The number of amides is 1. The Kier molecular flexibility index (Phi) is 6.40. The van der Waals surface area contributed by atoms with E-state index in [2.05, 4.69) is 0 Å². The normalized spacial score (nSPS) is 27.2. The lowest BCUT2D eigenvalue weighted by molar-refractivity contribution is -0.147. The minimum Gasteiger partial charge on any atom is -0.444 e. The zero-order valence-corrected chi connectivity index (χ0v) is 14.8. The molecule has 0 aromatic heterocycles. The Balaban J connectivity index is 2.04. The first-order chi connectivity index (χ1) is 11.7. The number of carbonyl (C=O) groups is 1. The number of hydrogen-bond acceptors (Lipinski definition) is 6. The standard InChI is InChI=1S/C18H27NO6/c1-18(2,3)25-17(23)19-9-14(20)16(22)15(21)13(19)11-24-10-12-7-5-4-6-8-12/h4-8,13-16,20-22H,9-11H2,1-3H3/t13-,14+,15+,16-/m0/s1. The number of ether oxygens (including phenoxy) is 2. The van der Waals surface area contributed by atoms with Crippen molar-refractivity contribution in [3.63, 3.8) is 0 Å². The highest BCUT2D eigenvalue weighted by Gasteiger charge is 2.44. The van der Waals surface area contributed by atoms with Gasteiger partial charge in [0.2, 0.25) is 0 Å². The molecule has 0 saturated carbocycles. The predicted molar refractivity (Wildman–Crippen MR) is 90.8 cm³/mol. The number of rotatable bonds is 4. The molecule has 1 heterocycles. The lowest BCUT2D eigenvalue weighted by atomic mass is 9.94. The Morgan fingerprint density at radius 2 is 1.80 bits per heavy atom. The lowest BCUT2D eigenvalue weighted by Crippen LogP contribution is -2.64. The van der Waals surface area contributed by atoms with Crippen molar-refractivity contribution in [1.82, 2.24) is 4.90 Å². The Bertz CT molecular complexity index is 558. The second-order valence-corrected chi connectivity index (χ2v) is 7.25. The molecule has 7 nitrogen and oxygen atoms in total. The van der Waals surface area contributed by atoms with Crippen molar-refractivity contribution in [1.29, 1.82) is 0 Å². The van der Waals surface area contributed by atoms with Crippen LogP contribution in [0.15, 0.2) is 30.3 Å². The van der Waals surface area contributed by atoms with E-state index in [9.17, 15) is 20.1 Å². The molecule has 3 N–H and O–H groups in total. The highest BCUT2D eigenvalue weighted by molar-refractivity contribution is 5.69. The van der Waals surface area contributed by atoms with Gasteiger partial charge in [0.15, 0.2) is 0 Å². The number of carbonyl (C=O) groups excluding carboxylic acids is 1. The van der Waals surface area contributed by atoms with Crippen LogP contribution in [0.5, 0.6) is 0 Å². The summed E-state index contributed by atoms with van der Waals surface area (Å²) in [6.45, 7) is 5.39. The number of nitrogens with zero attached hydrogens (tertiary/aromatic N) is 1. The van der Waals surface area contributed by atoms with Gasteiger partial charge in [0.1, 0.15) is 23.9 Å². The van der Waals surface area contributed by atoms with Crippen LogP contribution in [0, 0.1) is 0 Å².